The molecule has 1 heterocycles. The number of benzene rings is 1. The number of nitrogens with zero attached hydrogens (tertiary/aromatic N) is 3. The van der Waals surface area contributed by atoms with Gasteiger partial charge in [0.15, 0.2) is 11.6 Å². The highest BCUT2D eigenvalue weighted by atomic mass is 16.5. The molecule has 0 radical (unpaired) electrons. The van der Waals surface area contributed by atoms with Crippen molar-refractivity contribution >= 4 is 5.91 Å². The first kappa shape index (κ1) is 18.4. The van der Waals surface area contributed by atoms with Crippen molar-refractivity contribution in [1.82, 2.24) is 14.8 Å². The fourth-order valence-electron chi connectivity index (χ4n) is 3.64. The molecule has 1 aliphatic carbocycles. The number of carbonyl (C=O) groups excluding carboxylic acids is 1. The van der Waals surface area contributed by atoms with E-state index in [4.69, 9.17) is 10.5 Å². The first-order valence-corrected chi connectivity index (χ1v) is 9.38. The van der Waals surface area contributed by atoms with Gasteiger partial charge in [0.1, 0.15) is 12.4 Å². The second-order valence-corrected chi connectivity index (χ2v) is 7.27. The molecule has 26 heavy (non-hydrogen) atoms. The van der Waals surface area contributed by atoms with E-state index in [2.05, 4.69) is 36.1 Å². The molecule has 2 N–H and O–H groups in total. The third kappa shape index (κ3) is 4.06. The zero-order valence-electron chi connectivity index (χ0n) is 15.9. The SMILES string of the molecule is Cc1ccc(C)c(OCc2nc(CC(N)=O)nn2C2CCCCC2)c1C. The van der Waals surface area contributed by atoms with E-state index in [1.807, 2.05) is 11.6 Å². The maximum atomic E-state index is 11.3. The molecule has 0 spiro atoms. The highest BCUT2D eigenvalue weighted by Crippen LogP contribution is 2.30. The Morgan fingerprint density at radius 1 is 1.19 bits per heavy atom. The van der Waals surface area contributed by atoms with Crippen LogP contribution >= 0.6 is 0 Å². The van der Waals surface area contributed by atoms with Crippen LogP contribution in [-0.2, 0) is 17.8 Å². The van der Waals surface area contributed by atoms with Crippen LogP contribution in [0.3, 0.4) is 0 Å². The van der Waals surface area contributed by atoms with Gasteiger partial charge in [-0.05, 0) is 50.3 Å². The maximum Gasteiger partial charge on any atom is 0.225 e. The highest BCUT2D eigenvalue weighted by molar-refractivity contribution is 5.75. The molecule has 140 valence electrons. The molecular formula is C20H28N4O2. The van der Waals surface area contributed by atoms with E-state index < -0.39 is 5.91 Å². The molecule has 1 saturated carbocycles. The zero-order chi connectivity index (χ0) is 18.7. The first-order valence-electron chi connectivity index (χ1n) is 9.38. The number of carbonyl (C=O) groups is 1. The van der Waals surface area contributed by atoms with E-state index in [1.54, 1.807) is 0 Å². The van der Waals surface area contributed by atoms with Gasteiger partial charge in [-0.2, -0.15) is 5.10 Å². The monoisotopic (exact) mass is 356 g/mol. The van der Waals surface area contributed by atoms with E-state index in [0.29, 0.717) is 18.5 Å². The van der Waals surface area contributed by atoms with Gasteiger partial charge in [-0.15, -0.1) is 0 Å². The number of amides is 1. The van der Waals surface area contributed by atoms with Gasteiger partial charge in [-0.1, -0.05) is 31.4 Å². The lowest BCUT2D eigenvalue weighted by Crippen LogP contribution is -2.18. The average Bonchev–Trinajstić information content (AvgIpc) is 3.01. The van der Waals surface area contributed by atoms with Crippen LogP contribution in [-0.4, -0.2) is 20.7 Å². The number of primary amides is 1. The molecule has 2 aromatic rings. The van der Waals surface area contributed by atoms with Gasteiger partial charge >= 0.3 is 0 Å². The molecular weight excluding hydrogens is 328 g/mol. The molecule has 0 atom stereocenters. The lowest BCUT2D eigenvalue weighted by Gasteiger charge is -2.23. The van der Waals surface area contributed by atoms with Gasteiger partial charge in [0, 0.05) is 0 Å². The lowest BCUT2D eigenvalue weighted by atomic mass is 9.96. The molecule has 6 heteroatoms. The van der Waals surface area contributed by atoms with Gasteiger partial charge in [0.05, 0.1) is 12.5 Å². The Morgan fingerprint density at radius 3 is 2.58 bits per heavy atom. The first-order chi connectivity index (χ1) is 12.5. The predicted octanol–water partition coefficient (Wildman–Crippen LogP) is 3.32. The third-order valence-corrected chi connectivity index (χ3v) is 5.22. The molecule has 6 nitrogen and oxygen atoms in total. The number of hydrogen-bond donors (Lipinski definition) is 1. The zero-order valence-corrected chi connectivity index (χ0v) is 15.9. The van der Waals surface area contributed by atoms with Crippen LogP contribution in [0.2, 0.25) is 0 Å². The summed E-state index contributed by atoms with van der Waals surface area (Å²) in [5, 5.41) is 4.57. The van der Waals surface area contributed by atoms with Gasteiger partial charge in [-0.25, -0.2) is 9.67 Å². The largest absolute Gasteiger partial charge is 0.485 e. The van der Waals surface area contributed by atoms with Crippen molar-refractivity contribution in [2.45, 2.75) is 71.9 Å². The van der Waals surface area contributed by atoms with E-state index >= 15 is 0 Å². The molecule has 3 rings (SSSR count). The maximum absolute atomic E-state index is 11.3. The summed E-state index contributed by atoms with van der Waals surface area (Å²) in [6, 6.07) is 4.51. The molecule has 1 aromatic carbocycles. The summed E-state index contributed by atoms with van der Waals surface area (Å²) in [4.78, 5) is 15.8. The quantitative estimate of drug-likeness (QED) is 0.861. The topological polar surface area (TPSA) is 83.0 Å². The fourth-order valence-corrected chi connectivity index (χ4v) is 3.64. The number of aryl methyl sites for hydroxylation is 2. The Balaban J connectivity index is 1.85. The van der Waals surface area contributed by atoms with Crippen LogP contribution in [0.5, 0.6) is 5.75 Å². The molecule has 1 amide bonds. The van der Waals surface area contributed by atoms with E-state index in [1.165, 1.54) is 24.8 Å². The predicted molar refractivity (Wildman–Crippen MR) is 100 cm³/mol. The Hall–Kier alpha value is -2.37. The lowest BCUT2D eigenvalue weighted by molar-refractivity contribution is -0.117. The average molecular weight is 356 g/mol. The summed E-state index contributed by atoms with van der Waals surface area (Å²) >= 11 is 0. The number of aromatic nitrogens is 3. The second-order valence-electron chi connectivity index (χ2n) is 7.27. The van der Waals surface area contributed by atoms with Crippen molar-refractivity contribution in [2.24, 2.45) is 5.73 Å². The molecule has 0 bridgehead atoms. The summed E-state index contributed by atoms with van der Waals surface area (Å²) < 4.78 is 8.11. The van der Waals surface area contributed by atoms with Crippen molar-refractivity contribution in [3.8, 4) is 5.75 Å². The van der Waals surface area contributed by atoms with Gasteiger partial charge in [0.2, 0.25) is 5.91 Å². The van der Waals surface area contributed by atoms with Crippen molar-refractivity contribution in [1.29, 1.82) is 0 Å². The van der Waals surface area contributed by atoms with E-state index in [0.717, 1.165) is 35.5 Å². The number of hydrogen-bond acceptors (Lipinski definition) is 4. The Morgan fingerprint density at radius 2 is 1.88 bits per heavy atom. The van der Waals surface area contributed by atoms with E-state index in [-0.39, 0.29) is 6.42 Å². The number of nitrogens with two attached hydrogens (primary N) is 1. The minimum Gasteiger partial charge on any atom is -0.485 e. The Bertz CT molecular complexity index is 791. The number of rotatable bonds is 6. The molecule has 1 aromatic heterocycles. The standard InChI is InChI=1S/C20H28N4O2/c1-13-9-10-14(2)20(15(13)3)26-12-19-22-18(11-17(21)25)23-24(19)16-7-5-4-6-8-16/h9-10,16H,4-8,11-12H2,1-3H3,(H2,21,25). The summed E-state index contributed by atoms with van der Waals surface area (Å²) in [6.45, 7) is 6.54. The van der Waals surface area contributed by atoms with Crippen LogP contribution in [0.25, 0.3) is 0 Å². The minimum atomic E-state index is -0.413. The smallest absolute Gasteiger partial charge is 0.225 e. The van der Waals surface area contributed by atoms with E-state index in [9.17, 15) is 4.79 Å². The van der Waals surface area contributed by atoms with Crippen LogP contribution in [0.4, 0.5) is 0 Å². The van der Waals surface area contributed by atoms with Gasteiger partial charge < -0.3 is 10.5 Å². The molecule has 1 fully saturated rings. The Kier molecular flexibility index (Phi) is 5.59. The van der Waals surface area contributed by atoms with Crippen LogP contribution in [0.15, 0.2) is 12.1 Å². The van der Waals surface area contributed by atoms with Crippen LogP contribution in [0.1, 0.15) is 66.5 Å². The van der Waals surface area contributed by atoms with Crippen molar-refractivity contribution in [2.75, 3.05) is 0 Å². The third-order valence-electron chi connectivity index (χ3n) is 5.22. The summed E-state index contributed by atoms with van der Waals surface area (Å²) in [7, 11) is 0. The van der Waals surface area contributed by atoms with Crippen molar-refractivity contribution < 1.29 is 9.53 Å². The minimum absolute atomic E-state index is 0.0647. The van der Waals surface area contributed by atoms with Crippen LogP contribution in [0, 0.1) is 20.8 Å². The fraction of sp³-hybridized carbons (Fsp3) is 0.550. The highest BCUT2D eigenvalue weighted by Gasteiger charge is 2.22. The molecule has 1 aliphatic rings. The van der Waals surface area contributed by atoms with Gasteiger partial charge in [-0.3, -0.25) is 4.79 Å². The summed E-state index contributed by atoms with van der Waals surface area (Å²) in [5.41, 5.74) is 8.78. The molecule has 0 unspecified atom stereocenters. The van der Waals surface area contributed by atoms with Gasteiger partial charge in [0.25, 0.3) is 0 Å². The summed E-state index contributed by atoms with van der Waals surface area (Å²) in [5.74, 6) is 1.75. The second kappa shape index (κ2) is 7.89. The van der Waals surface area contributed by atoms with Crippen molar-refractivity contribution in [3.05, 3.63) is 40.5 Å². The number of ether oxygens (including phenoxy) is 1. The van der Waals surface area contributed by atoms with Crippen molar-refractivity contribution in [3.63, 3.8) is 0 Å². The summed E-state index contributed by atoms with van der Waals surface area (Å²) in [6.07, 6.45) is 5.92. The normalized spacial score (nSPS) is 15.2. The van der Waals surface area contributed by atoms with Crippen LogP contribution < -0.4 is 10.5 Å². The molecule has 0 saturated heterocycles. The molecule has 0 aliphatic heterocycles. The Labute approximate surface area is 154 Å².